The van der Waals surface area contributed by atoms with Gasteiger partial charge in [-0.2, -0.15) is 4.99 Å². The number of hydrogen-bond acceptors (Lipinski definition) is 10. The molecular weight excluding hydrogens is 603 g/mol. The van der Waals surface area contributed by atoms with E-state index < -0.39 is 45.1 Å². The van der Waals surface area contributed by atoms with Crippen molar-refractivity contribution in [2.75, 3.05) is 30.0 Å². The zero-order chi connectivity index (χ0) is 30.6. The molecule has 0 aliphatic heterocycles. The highest BCUT2D eigenvalue weighted by molar-refractivity contribution is 7.92. The molecule has 0 fully saturated rings. The Labute approximate surface area is 251 Å². The Bertz CT molecular complexity index is 1720. The van der Waals surface area contributed by atoms with Gasteiger partial charge in [0.15, 0.2) is 14.6 Å². The van der Waals surface area contributed by atoms with Crippen molar-refractivity contribution in [3.8, 4) is 0 Å². The first kappa shape index (κ1) is 31.6. The summed E-state index contributed by atoms with van der Waals surface area (Å²) < 4.78 is 38.2. The van der Waals surface area contributed by atoms with Crippen LogP contribution in [-0.4, -0.2) is 61.5 Å². The molecule has 1 aromatic carbocycles. The van der Waals surface area contributed by atoms with Gasteiger partial charge < -0.3 is 19.4 Å². The highest BCUT2D eigenvalue weighted by Crippen LogP contribution is 2.40. The maximum Gasteiger partial charge on any atom is 0.341 e. The number of sulfone groups is 1. The quantitative estimate of drug-likeness (QED) is 0.333. The minimum atomic E-state index is -4.22. The third kappa shape index (κ3) is 7.53. The Morgan fingerprint density at radius 2 is 1.83 bits per heavy atom. The predicted molar refractivity (Wildman–Crippen MR) is 161 cm³/mol. The summed E-state index contributed by atoms with van der Waals surface area (Å²) >= 11 is 2.39. The molecule has 2 heterocycles. The van der Waals surface area contributed by atoms with Crippen molar-refractivity contribution >= 4 is 71.5 Å². The van der Waals surface area contributed by atoms with Gasteiger partial charge in [-0.15, -0.1) is 11.3 Å². The van der Waals surface area contributed by atoms with Gasteiger partial charge in [-0.3, -0.25) is 14.4 Å². The first-order valence-electron chi connectivity index (χ1n) is 13.6. The zero-order valence-corrected chi connectivity index (χ0v) is 26.3. The Morgan fingerprint density at radius 1 is 1.10 bits per heavy atom. The summed E-state index contributed by atoms with van der Waals surface area (Å²) in [5.74, 6) is -4.48. The number of anilines is 1. The normalized spacial score (nSPS) is 15.3. The maximum absolute atomic E-state index is 12.8. The van der Waals surface area contributed by atoms with Gasteiger partial charge >= 0.3 is 11.9 Å². The summed E-state index contributed by atoms with van der Waals surface area (Å²) in [4.78, 5) is 55.6. The van der Waals surface area contributed by atoms with Crippen molar-refractivity contribution in [2.45, 2.75) is 53.5 Å². The fourth-order valence-corrected chi connectivity index (χ4v) is 8.33. The minimum absolute atomic E-state index is 0.144. The molecule has 0 saturated heterocycles. The number of esters is 2. The fourth-order valence-electron chi connectivity index (χ4n) is 4.75. The molecule has 1 atom stereocenters. The number of ether oxygens (including phenoxy) is 2. The monoisotopic (exact) mass is 635 g/mol. The van der Waals surface area contributed by atoms with E-state index in [4.69, 9.17) is 9.47 Å². The lowest BCUT2D eigenvalue weighted by Crippen LogP contribution is -2.29. The van der Waals surface area contributed by atoms with Gasteiger partial charge in [0.25, 0.3) is 5.91 Å². The summed E-state index contributed by atoms with van der Waals surface area (Å²) in [6, 6.07) is 5.52. The third-order valence-corrected chi connectivity index (χ3v) is 10.2. The van der Waals surface area contributed by atoms with Crippen LogP contribution in [0.15, 0.2) is 23.2 Å². The zero-order valence-electron chi connectivity index (χ0n) is 23.9. The summed E-state index contributed by atoms with van der Waals surface area (Å²) in [6.45, 7) is 7.51. The van der Waals surface area contributed by atoms with Crippen LogP contribution in [0.4, 0.5) is 5.00 Å². The van der Waals surface area contributed by atoms with Gasteiger partial charge in [-0.25, -0.2) is 13.2 Å². The molecule has 0 bridgehead atoms. The highest BCUT2D eigenvalue weighted by atomic mass is 32.2. The molecule has 1 aliphatic carbocycles. The van der Waals surface area contributed by atoms with E-state index >= 15 is 0 Å². The van der Waals surface area contributed by atoms with Crippen LogP contribution < -0.4 is 10.1 Å². The molecule has 0 radical (unpaired) electrons. The van der Waals surface area contributed by atoms with E-state index in [1.807, 2.05) is 19.1 Å². The topological polar surface area (TPSA) is 150 Å². The van der Waals surface area contributed by atoms with E-state index in [9.17, 15) is 27.6 Å². The number of benzene rings is 1. The Morgan fingerprint density at radius 3 is 2.55 bits per heavy atom. The average molecular weight is 636 g/mol. The van der Waals surface area contributed by atoms with Gasteiger partial charge in [0.05, 0.1) is 29.0 Å². The van der Waals surface area contributed by atoms with Crippen LogP contribution in [0.5, 0.6) is 0 Å². The summed E-state index contributed by atoms with van der Waals surface area (Å²) in [5, 5.41) is 2.82. The van der Waals surface area contributed by atoms with E-state index in [0.717, 1.165) is 44.9 Å². The molecule has 2 aromatic heterocycles. The number of hydrogen-bond donors (Lipinski definition) is 1. The Balaban J connectivity index is 1.53. The van der Waals surface area contributed by atoms with E-state index in [-0.39, 0.29) is 35.1 Å². The van der Waals surface area contributed by atoms with Gasteiger partial charge in [-0.1, -0.05) is 24.3 Å². The fraction of sp³-hybridized carbons (Fsp3) is 0.464. The smallest absolute Gasteiger partial charge is 0.341 e. The van der Waals surface area contributed by atoms with Crippen LogP contribution in [0.2, 0.25) is 0 Å². The predicted octanol–water partition coefficient (Wildman–Crippen LogP) is 3.42. The number of amides is 2. The average Bonchev–Trinajstić information content (AvgIpc) is 3.39. The van der Waals surface area contributed by atoms with Crippen molar-refractivity contribution in [1.29, 1.82) is 0 Å². The summed E-state index contributed by atoms with van der Waals surface area (Å²) in [5.41, 5.74) is 2.72. The second-order valence-corrected chi connectivity index (χ2v) is 14.3. The number of carbonyl (C=O) groups excluding carboxylic acids is 4. The maximum atomic E-state index is 12.8. The van der Waals surface area contributed by atoms with E-state index in [1.165, 1.54) is 15.9 Å². The molecule has 42 heavy (non-hydrogen) atoms. The molecule has 3 aromatic rings. The number of nitrogens with one attached hydrogen (secondary N) is 1. The number of thiophene rings is 1. The molecule has 4 rings (SSSR count). The molecule has 1 aliphatic rings. The van der Waals surface area contributed by atoms with Crippen molar-refractivity contribution in [1.82, 2.24) is 4.57 Å². The van der Waals surface area contributed by atoms with Crippen molar-refractivity contribution < 1.29 is 37.1 Å². The standard InChI is InChI=1S/C28H33N3O8S3/c1-5-38-24(34)13-31-19-10-8-17(4)12-21(19)41-28(31)30-23(33)15-42(36,37)14-22(32)29-26-25(27(35)39-6-2)18-9-7-16(3)11-20(18)40-26/h8,10,12,16H,5-7,9,11,13-15H2,1-4H3,(H,29,32). The van der Waals surface area contributed by atoms with Crippen molar-refractivity contribution in [3.63, 3.8) is 0 Å². The lowest BCUT2D eigenvalue weighted by molar-refractivity contribution is -0.143. The van der Waals surface area contributed by atoms with Crippen LogP contribution in [0.3, 0.4) is 0 Å². The number of rotatable bonds is 10. The first-order valence-corrected chi connectivity index (χ1v) is 17.0. The Kier molecular flexibility index (Phi) is 10.00. The number of aromatic nitrogens is 1. The SMILES string of the molecule is CCOC(=O)Cn1c(=NC(=O)CS(=O)(=O)CC(=O)Nc2sc3c(c2C(=O)OCC)CCC(C)C3)sc2cc(C)ccc21. The van der Waals surface area contributed by atoms with Crippen molar-refractivity contribution in [3.05, 3.63) is 44.6 Å². The third-order valence-electron chi connectivity index (χ3n) is 6.59. The van der Waals surface area contributed by atoms with Gasteiger partial charge in [0.1, 0.15) is 23.1 Å². The molecule has 0 saturated carbocycles. The number of aryl methyl sites for hydroxylation is 1. The van der Waals surface area contributed by atoms with Crippen LogP contribution in [0.1, 0.15) is 53.6 Å². The number of nitrogens with zero attached hydrogens (tertiary/aromatic N) is 2. The van der Waals surface area contributed by atoms with Crippen LogP contribution in [0, 0.1) is 12.8 Å². The van der Waals surface area contributed by atoms with E-state index in [2.05, 4.69) is 17.2 Å². The number of thiazole rings is 1. The highest BCUT2D eigenvalue weighted by Gasteiger charge is 2.30. The molecule has 2 amide bonds. The number of fused-ring (bicyclic) bond motifs is 2. The second-order valence-electron chi connectivity index (χ2n) is 10.1. The summed E-state index contributed by atoms with van der Waals surface area (Å²) in [7, 11) is -4.22. The Hall–Kier alpha value is -3.36. The molecule has 1 N–H and O–H groups in total. The lowest BCUT2D eigenvalue weighted by atomic mass is 9.88. The molecule has 226 valence electrons. The van der Waals surface area contributed by atoms with E-state index in [0.29, 0.717) is 17.9 Å². The van der Waals surface area contributed by atoms with Gasteiger partial charge in [0, 0.05) is 4.88 Å². The van der Waals surface area contributed by atoms with Crippen LogP contribution in [0.25, 0.3) is 10.2 Å². The van der Waals surface area contributed by atoms with Gasteiger partial charge in [0.2, 0.25) is 5.91 Å². The van der Waals surface area contributed by atoms with Crippen molar-refractivity contribution in [2.24, 2.45) is 10.9 Å². The number of carbonyl (C=O) groups is 4. The molecule has 0 spiro atoms. The van der Waals surface area contributed by atoms with Crippen LogP contribution in [-0.2, 0) is 53.1 Å². The van der Waals surface area contributed by atoms with Crippen LogP contribution >= 0.6 is 22.7 Å². The molecular formula is C28H33N3O8S3. The molecule has 11 nitrogen and oxygen atoms in total. The molecule has 1 unspecified atom stereocenters. The first-order chi connectivity index (χ1) is 19.9. The van der Waals surface area contributed by atoms with E-state index in [1.54, 1.807) is 19.9 Å². The van der Waals surface area contributed by atoms with Gasteiger partial charge in [-0.05, 0) is 69.2 Å². The lowest BCUT2D eigenvalue weighted by Gasteiger charge is -2.18. The summed E-state index contributed by atoms with van der Waals surface area (Å²) in [6.07, 6.45) is 2.31. The largest absolute Gasteiger partial charge is 0.465 e. The molecule has 14 heteroatoms. The minimum Gasteiger partial charge on any atom is -0.465 e. The second kappa shape index (κ2) is 13.3.